The second kappa shape index (κ2) is 7.53. The summed E-state index contributed by atoms with van der Waals surface area (Å²) in [7, 11) is 1.31. The van der Waals surface area contributed by atoms with Crippen LogP contribution in [0.3, 0.4) is 0 Å². The third-order valence-electron chi connectivity index (χ3n) is 4.14. The Bertz CT molecular complexity index is 869. The maximum absolute atomic E-state index is 13.0. The number of hydrogen-bond acceptors (Lipinski definition) is 4. The number of esters is 1. The van der Waals surface area contributed by atoms with Gasteiger partial charge in [0.1, 0.15) is 0 Å². The van der Waals surface area contributed by atoms with Crippen molar-refractivity contribution in [2.45, 2.75) is 6.04 Å². The van der Waals surface area contributed by atoms with Gasteiger partial charge >= 0.3 is 12.0 Å². The number of ether oxygens (including phenoxy) is 1. The number of carbonyl (C=O) groups is 2. The lowest BCUT2D eigenvalue weighted by Gasteiger charge is -2.21. The number of methoxy groups -OCH3 is 1. The molecule has 0 spiro atoms. The van der Waals surface area contributed by atoms with Crippen LogP contribution in [0.2, 0.25) is 0 Å². The first-order valence-electron chi connectivity index (χ1n) is 8.06. The van der Waals surface area contributed by atoms with Crippen molar-refractivity contribution in [3.63, 3.8) is 0 Å². The Balaban J connectivity index is 1.94. The number of nitriles is 1. The molecule has 130 valence electrons. The van der Waals surface area contributed by atoms with Crippen LogP contribution >= 0.6 is 0 Å². The quantitative estimate of drug-likeness (QED) is 0.629. The fourth-order valence-electron chi connectivity index (χ4n) is 2.85. The van der Waals surface area contributed by atoms with E-state index in [2.05, 4.69) is 10.8 Å². The Morgan fingerprint density at radius 3 is 2.46 bits per heavy atom. The van der Waals surface area contributed by atoms with Gasteiger partial charge in [-0.15, -0.1) is 0 Å². The van der Waals surface area contributed by atoms with E-state index in [1.165, 1.54) is 13.2 Å². The van der Waals surface area contributed by atoms with Gasteiger partial charge in [0.05, 0.1) is 31.3 Å². The van der Waals surface area contributed by atoms with E-state index in [0.29, 0.717) is 17.8 Å². The molecule has 2 amide bonds. The molecule has 1 aliphatic rings. The summed E-state index contributed by atoms with van der Waals surface area (Å²) in [6, 6.07) is 17.7. The zero-order valence-corrected chi connectivity index (χ0v) is 14.2. The van der Waals surface area contributed by atoms with Crippen molar-refractivity contribution in [1.29, 1.82) is 5.26 Å². The number of para-hydroxylation sites is 1. The molecule has 1 fully saturated rings. The van der Waals surface area contributed by atoms with Crippen LogP contribution in [0.4, 0.5) is 16.2 Å². The molecule has 1 heterocycles. The fourth-order valence-corrected chi connectivity index (χ4v) is 2.85. The number of amides is 2. The lowest BCUT2D eigenvalue weighted by molar-refractivity contribution is -0.134. The standard InChI is InChI=1S/C20H17N3O3/c1-26-19(24)12-11-18-14-22(16-9-7-15(13-21)8-10-16)20(25)23(18)17-5-3-2-4-6-17/h2-12,18H,14H2,1H3. The normalized spacial score (nSPS) is 16.8. The Kier molecular flexibility index (Phi) is 4.99. The Morgan fingerprint density at radius 1 is 1.15 bits per heavy atom. The highest BCUT2D eigenvalue weighted by atomic mass is 16.5. The van der Waals surface area contributed by atoms with Crippen molar-refractivity contribution in [3.05, 3.63) is 72.3 Å². The largest absolute Gasteiger partial charge is 0.466 e. The van der Waals surface area contributed by atoms with E-state index in [0.717, 1.165) is 5.69 Å². The van der Waals surface area contributed by atoms with Crippen molar-refractivity contribution in [1.82, 2.24) is 0 Å². The maximum Gasteiger partial charge on any atom is 0.330 e. The van der Waals surface area contributed by atoms with E-state index in [1.807, 2.05) is 30.3 Å². The third-order valence-corrected chi connectivity index (χ3v) is 4.14. The minimum absolute atomic E-state index is 0.194. The van der Waals surface area contributed by atoms with Crippen LogP contribution in [-0.4, -0.2) is 31.7 Å². The number of urea groups is 1. The first-order valence-corrected chi connectivity index (χ1v) is 8.06. The summed E-state index contributed by atoms with van der Waals surface area (Å²) in [5.41, 5.74) is 1.97. The number of benzene rings is 2. The molecule has 1 unspecified atom stereocenters. The zero-order valence-electron chi connectivity index (χ0n) is 14.2. The molecule has 0 radical (unpaired) electrons. The summed E-state index contributed by atoms with van der Waals surface area (Å²) in [4.78, 5) is 27.7. The van der Waals surface area contributed by atoms with Crippen molar-refractivity contribution in [2.24, 2.45) is 0 Å². The van der Waals surface area contributed by atoms with Gasteiger partial charge in [-0.2, -0.15) is 5.26 Å². The summed E-state index contributed by atoms with van der Waals surface area (Å²) < 4.78 is 4.64. The first kappa shape index (κ1) is 17.2. The molecule has 2 aromatic rings. The van der Waals surface area contributed by atoms with Crippen LogP contribution in [-0.2, 0) is 9.53 Å². The highest BCUT2D eigenvalue weighted by molar-refractivity contribution is 6.07. The van der Waals surface area contributed by atoms with E-state index < -0.39 is 5.97 Å². The van der Waals surface area contributed by atoms with Gasteiger partial charge in [0, 0.05) is 17.5 Å². The number of anilines is 2. The van der Waals surface area contributed by atoms with Crippen LogP contribution in [0.25, 0.3) is 0 Å². The second-order valence-corrected chi connectivity index (χ2v) is 5.71. The predicted molar refractivity (Wildman–Crippen MR) is 97.8 cm³/mol. The zero-order chi connectivity index (χ0) is 18.5. The molecule has 2 aromatic carbocycles. The molecule has 1 atom stereocenters. The number of rotatable bonds is 4. The fraction of sp³-hybridized carbons (Fsp3) is 0.150. The Hall–Kier alpha value is -3.59. The topological polar surface area (TPSA) is 73.6 Å². The van der Waals surface area contributed by atoms with Gasteiger partial charge in [-0.25, -0.2) is 9.59 Å². The SMILES string of the molecule is COC(=O)C=CC1CN(c2ccc(C#N)cc2)C(=O)N1c1ccccc1. The number of hydrogen-bond donors (Lipinski definition) is 0. The van der Waals surface area contributed by atoms with Gasteiger partial charge in [0.2, 0.25) is 0 Å². The molecule has 26 heavy (non-hydrogen) atoms. The summed E-state index contributed by atoms with van der Waals surface area (Å²) in [5.74, 6) is -0.470. The van der Waals surface area contributed by atoms with Gasteiger partial charge in [0.25, 0.3) is 0 Å². The van der Waals surface area contributed by atoms with Crippen molar-refractivity contribution < 1.29 is 14.3 Å². The van der Waals surface area contributed by atoms with Crippen LogP contribution in [0.5, 0.6) is 0 Å². The van der Waals surface area contributed by atoms with Crippen molar-refractivity contribution in [2.75, 3.05) is 23.5 Å². The first-order chi connectivity index (χ1) is 12.6. The molecule has 0 aromatic heterocycles. The summed E-state index contributed by atoms with van der Waals surface area (Å²) in [6.07, 6.45) is 3.00. The van der Waals surface area contributed by atoms with Crippen molar-refractivity contribution in [3.8, 4) is 6.07 Å². The van der Waals surface area contributed by atoms with Gasteiger partial charge in [0.15, 0.2) is 0 Å². The summed E-state index contributed by atoms with van der Waals surface area (Å²) in [5, 5.41) is 8.93. The van der Waals surface area contributed by atoms with Crippen LogP contribution < -0.4 is 9.80 Å². The smallest absolute Gasteiger partial charge is 0.330 e. The van der Waals surface area contributed by atoms with Gasteiger partial charge in [-0.1, -0.05) is 24.3 Å². The van der Waals surface area contributed by atoms with Crippen LogP contribution in [0, 0.1) is 11.3 Å². The van der Waals surface area contributed by atoms with E-state index >= 15 is 0 Å². The third kappa shape index (κ3) is 3.42. The van der Waals surface area contributed by atoms with Gasteiger partial charge in [-0.05, 0) is 36.4 Å². The molecule has 1 aliphatic heterocycles. The van der Waals surface area contributed by atoms with E-state index in [9.17, 15) is 9.59 Å². The molecule has 6 nitrogen and oxygen atoms in total. The van der Waals surface area contributed by atoms with Crippen LogP contribution in [0.1, 0.15) is 5.56 Å². The second-order valence-electron chi connectivity index (χ2n) is 5.71. The molecule has 0 bridgehead atoms. The molecule has 0 N–H and O–H groups in total. The average Bonchev–Trinajstić information content (AvgIpc) is 3.03. The van der Waals surface area contributed by atoms with Gasteiger partial charge < -0.3 is 4.74 Å². The summed E-state index contributed by atoms with van der Waals surface area (Å²) >= 11 is 0. The Morgan fingerprint density at radius 2 is 1.85 bits per heavy atom. The van der Waals surface area contributed by atoms with E-state index in [1.54, 1.807) is 40.1 Å². The Labute approximate surface area is 151 Å². The maximum atomic E-state index is 13.0. The molecule has 6 heteroatoms. The lowest BCUT2D eigenvalue weighted by Crippen LogP contribution is -2.34. The predicted octanol–water partition coefficient (Wildman–Crippen LogP) is 3.10. The molecule has 0 aliphatic carbocycles. The van der Waals surface area contributed by atoms with Crippen molar-refractivity contribution >= 4 is 23.4 Å². The lowest BCUT2D eigenvalue weighted by atomic mass is 10.2. The van der Waals surface area contributed by atoms with E-state index in [4.69, 9.17) is 5.26 Å². The molecular weight excluding hydrogens is 330 g/mol. The minimum atomic E-state index is -0.470. The highest BCUT2D eigenvalue weighted by Crippen LogP contribution is 2.29. The van der Waals surface area contributed by atoms with Gasteiger partial charge in [-0.3, -0.25) is 9.80 Å². The number of carbonyl (C=O) groups excluding carboxylic acids is 2. The summed E-state index contributed by atoms with van der Waals surface area (Å²) in [6.45, 7) is 0.382. The van der Waals surface area contributed by atoms with Crippen LogP contribution in [0.15, 0.2) is 66.7 Å². The molecule has 1 saturated heterocycles. The molecular formula is C20H17N3O3. The number of nitrogens with zero attached hydrogens (tertiary/aromatic N) is 3. The molecule has 3 rings (SSSR count). The highest BCUT2D eigenvalue weighted by Gasteiger charge is 2.37. The monoisotopic (exact) mass is 347 g/mol. The van der Waals surface area contributed by atoms with E-state index in [-0.39, 0.29) is 12.1 Å². The molecule has 0 saturated carbocycles. The minimum Gasteiger partial charge on any atom is -0.466 e. The average molecular weight is 347 g/mol.